The molecule has 2 heteroatoms. The highest BCUT2D eigenvalue weighted by Gasteiger charge is 2.04. The lowest BCUT2D eigenvalue weighted by Gasteiger charge is -2.09. The summed E-state index contributed by atoms with van der Waals surface area (Å²) in [5.41, 5.74) is 3.40. The fourth-order valence-electron chi connectivity index (χ4n) is 2.00. The fourth-order valence-corrected chi connectivity index (χ4v) is 2.00. The lowest BCUT2D eigenvalue weighted by molar-refractivity contribution is 0.415. The largest absolute Gasteiger partial charge is 0.497 e. The van der Waals surface area contributed by atoms with E-state index in [1.54, 1.807) is 7.11 Å². The Morgan fingerprint density at radius 2 is 1.63 bits per heavy atom. The monoisotopic (exact) mass is 253 g/mol. The van der Waals surface area contributed by atoms with Gasteiger partial charge in [-0.05, 0) is 49.2 Å². The third kappa shape index (κ3) is 3.44. The van der Waals surface area contributed by atoms with Crippen molar-refractivity contribution in [1.82, 2.24) is 0 Å². The Balaban J connectivity index is 2.18. The van der Waals surface area contributed by atoms with Gasteiger partial charge in [0.1, 0.15) is 5.75 Å². The van der Waals surface area contributed by atoms with Gasteiger partial charge in [-0.2, -0.15) is 0 Å². The molecule has 0 heterocycles. The van der Waals surface area contributed by atoms with Crippen LogP contribution in [0.3, 0.4) is 0 Å². The van der Waals surface area contributed by atoms with Crippen molar-refractivity contribution in [3.63, 3.8) is 0 Å². The minimum atomic E-state index is 0.170. The van der Waals surface area contributed by atoms with Crippen LogP contribution in [0.25, 0.3) is 0 Å². The molecular weight excluding hydrogens is 234 g/mol. The minimum absolute atomic E-state index is 0.170. The maximum Gasteiger partial charge on any atom is 0.118 e. The topological polar surface area (TPSA) is 21.6 Å². The molecule has 0 bridgehead atoms. The second-order valence-electron chi connectivity index (χ2n) is 4.53. The van der Waals surface area contributed by atoms with Crippen LogP contribution in [-0.4, -0.2) is 12.8 Å². The zero-order valence-corrected chi connectivity index (χ0v) is 11.6. The smallest absolute Gasteiger partial charge is 0.118 e. The summed E-state index contributed by atoms with van der Waals surface area (Å²) < 4.78 is 5.16. The quantitative estimate of drug-likeness (QED) is 0.746. The van der Waals surface area contributed by atoms with Crippen LogP contribution in [0.4, 0.5) is 0 Å². The second-order valence-corrected chi connectivity index (χ2v) is 4.53. The Bertz CT molecular complexity index is 543. The molecule has 0 aliphatic heterocycles. The lowest BCUT2D eigenvalue weighted by Crippen LogP contribution is -1.99. The first-order valence-electron chi connectivity index (χ1n) is 6.44. The van der Waals surface area contributed by atoms with Crippen molar-refractivity contribution in [1.29, 1.82) is 0 Å². The van der Waals surface area contributed by atoms with E-state index in [1.165, 1.54) is 5.56 Å². The third-order valence-electron chi connectivity index (χ3n) is 3.18. The molecule has 19 heavy (non-hydrogen) atoms. The number of aliphatic imine (C=N–C) groups is 1. The number of benzene rings is 2. The Kier molecular flexibility index (Phi) is 4.35. The summed E-state index contributed by atoms with van der Waals surface area (Å²) in [6.45, 7) is 4.16. The van der Waals surface area contributed by atoms with E-state index >= 15 is 0 Å². The van der Waals surface area contributed by atoms with Crippen LogP contribution in [0.15, 0.2) is 59.6 Å². The zero-order chi connectivity index (χ0) is 13.7. The summed E-state index contributed by atoms with van der Waals surface area (Å²) >= 11 is 0. The number of ether oxygens (including phenoxy) is 1. The molecule has 0 aromatic heterocycles. The van der Waals surface area contributed by atoms with E-state index in [1.807, 2.05) is 49.4 Å². The van der Waals surface area contributed by atoms with Crippen LogP contribution in [0.2, 0.25) is 0 Å². The molecule has 0 N–H and O–H groups in total. The first kappa shape index (κ1) is 13.3. The standard InChI is InChI=1S/C17H19NO/c1-13(15-7-5-4-6-8-15)18-14(2)16-9-11-17(19-3)12-10-16/h4-13H,1-3H3/b18-14+. The van der Waals surface area contributed by atoms with Crippen molar-refractivity contribution in [2.75, 3.05) is 7.11 Å². The highest BCUT2D eigenvalue weighted by atomic mass is 16.5. The Morgan fingerprint density at radius 3 is 2.21 bits per heavy atom. The molecular formula is C17H19NO. The molecule has 0 aliphatic carbocycles. The average molecular weight is 253 g/mol. The molecule has 2 aromatic carbocycles. The summed E-state index contributed by atoms with van der Waals surface area (Å²) in [5, 5.41) is 0. The second kappa shape index (κ2) is 6.19. The molecule has 0 saturated heterocycles. The highest BCUT2D eigenvalue weighted by Crippen LogP contribution is 2.18. The number of nitrogens with zero attached hydrogens (tertiary/aromatic N) is 1. The van der Waals surface area contributed by atoms with Gasteiger partial charge in [0.2, 0.25) is 0 Å². The molecule has 2 rings (SSSR count). The summed E-state index contributed by atoms with van der Waals surface area (Å²) in [6, 6.07) is 18.5. The van der Waals surface area contributed by atoms with Crippen molar-refractivity contribution >= 4 is 5.71 Å². The third-order valence-corrected chi connectivity index (χ3v) is 3.18. The Labute approximate surface area is 114 Å². The van der Waals surface area contributed by atoms with E-state index in [9.17, 15) is 0 Å². The molecule has 0 radical (unpaired) electrons. The summed E-state index contributed by atoms with van der Waals surface area (Å²) in [5.74, 6) is 0.868. The van der Waals surface area contributed by atoms with Crippen LogP contribution in [-0.2, 0) is 0 Å². The van der Waals surface area contributed by atoms with Gasteiger partial charge in [0.15, 0.2) is 0 Å². The minimum Gasteiger partial charge on any atom is -0.497 e. The van der Waals surface area contributed by atoms with E-state index < -0.39 is 0 Å². The predicted octanol–water partition coefficient (Wildman–Crippen LogP) is 4.27. The van der Waals surface area contributed by atoms with Crippen LogP contribution in [0.5, 0.6) is 5.75 Å². The Morgan fingerprint density at radius 1 is 1.00 bits per heavy atom. The highest BCUT2D eigenvalue weighted by molar-refractivity contribution is 5.98. The number of hydrogen-bond donors (Lipinski definition) is 0. The molecule has 98 valence electrons. The van der Waals surface area contributed by atoms with E-state index in [0.29, 0.717) is 0 Å². The van der Waals surface area contributed by atoms with Gasteiger partial charge in [-0.3, -0.25) is 4.99 Å². The molecule has 1 atom stereocenters. The van der Waals surface area contributed by atoms with E-state index in [2.05, 4.69) is 19.1 Å². The van der Waals surface area contributed by atoms with Gasteiger partial charge in [0.25, 0.3) is 0 Å². The molecule has 0 saturated carbocycles. The van der Waals surface area contributed by atoms with Crippen molar-refractivity contribution < 1.29 is 4.74 Å². The first-order chi connectivity index (χ1) is 9.20. The fraction of sp³-hybridized carbons (Fsp3) is 0.235. The van der Waals surface area contributed by atoms with Crippen LogP contribution in [0, 0.1) is 0 Å². The van der Waals surface area contributed by atoms with Crippen LogP contribution >= 0.6 is 0 Å². The molecule has 1 unspecified atom stereocenters. The maximum atomic E-state index is 5.16. The summed E-state index contributed by atoms with van der Waals surface area (Å²) in [7, 11) is 1.67. The predicted molar refractivity (Wildman–Crippen MR) is 80.1 cm³/mol. The van der Waals surface area contributed by atoms with Crippen molar-refractivity contribution in [3.05, 3.63) is 65.7 Å². The summed E-state index contributed by atoms with van der Waals surface area (Å²) in [6.07, 6.45) is 0. The SMILES string of the molecule is COc1ccc(/C(C)=N/C(C)c2ccccc2)cc1. The van der Waals surface area contributed by atoms with Gasteiger partial charge in [-0.25, -0.2) is 0 Å². The van der Waals surface area contributed by atoms with Crippen LogP contribution in [0.1, 0.15) is 31.0 Å². The van der Waals surface area contributed by atoms with Gasteiger partial charge in [0.05, 0.1) is 13.2 Å². The Hall–Kier alpha value is -2.09. The van der Waals surface area contributed by atoms with Crippen molar-refractivity contribution in [2.24, 2.45) is 4.99 Å². The van der Waals surface area contributed by atoms with Crippen molar-refractivity contribution in [2.45, 2.75) is 19.9 Å². The van der Waals surface area contributed by atoms with E-state index in [4.69, 9.17) is 9.73 Å². The normalized spacial score (nSPS) is 13.1. The van der Waals surface area contributed by atoms with Gasteiger partial charge in [0, 0.05) is 5.71 Å². The zero-order valence-electron chi connectivity index (χ0n) is 11.6. The van der Waals surface area contributed by atoms with Gasteiger partial charge >= 0.3 is 0 Å². The molecule has 0 aliphatic rings. The van der Waals surface area contributed by atoms with Crippen molar-refractivity contribution in [3.8, 4) is 5.75 Å². The number of hydrogen-bond acceptors (Lipinski definition) is 2. The van der Waals surface area contributed by atoms with Crippen LogP contribution < -0.4 is 4.74 Å². The number of rotatable bonds is 4. The van der Waals surface area contributed by atoms with Gasteiger partial charge in [-0.1, -0.05) is 30.3 Å². The van der Waals surface area contributed by atoms with E-state index in [-0.39, 0.29) is 6.04 Å². The molecule has 0 fully saturated rings. The number of methoxy groups -OCH3 is 1. The van der Waals surface area contributed by atoms with Gasteiger partial charge < -0.3 is 4.74 Å². The molecule has 2 aromatic rings. The first-order valence-corrected chi connectivity index (χ1v) is 6.44. The molecule has 0 amide bonds. The summed E-state index contributed by atoms with van der Waals surface area (Å²) in [4.78, 5) is 4.75. The molecule has 0 spiro atoms. The lowest BCUT2D eigenvalue weighted by atomic mass is 10.1. The average Bonchev–Trinajstić information content (AvgIpc) is 2.48. The maximum absolute atomic E-state index is 5.16. The molecule has 2 nitrogen and oxygen atoms in total. The van der Waals surface area contributed by atoms with E-state index in [0.717, 1.165) is 17.0 Å². The van der Waals surface area contributed by atoms with Gasteiger partial charge in [-0.15, -0.1) is 0 Å².